The molecular formula is C20H25N3O5. The number of urea groups is 1. The van der Waals surface area contributed by atoms with E-state index in [9.17, 15) is 9.59 Å². The Morgan fingerprint density at radius 1 is 1.14 bits per heavy atom. The molecule has 3 amide bonds. The molecule has 150 valence electrons. The number of carbonyl (C=O) groups excluding carboxylic acids is 2. The molecule has 1 aliphatic heterocycles. The zero-order valence-corrected chi connectivity index (χ0v) is 16.1. The average molecular weight is 387 g/mol. The fourth-order valence-electron chi connectivity index (χ4n) is 3.20. The van der Waals surface area contributed by atoms with Crippen molar-refractivity contribution in [2.45, 2.75) is 12.8 Å². The summed E-state index contributed by atoms with van der Waals surface area (Å²) in [5, 5.41) is 5.69. The number of ether oxygens (including phenoxy) is 2. The molecule has 0 atom stereocenters. The lowest BCUT2D eigenvalue weighted by Crippen LogP contribution is -2.42. The fraction of sp³-hybridized carbons (Fsp3) is 0.400. The summed E-state index contributed by atoms with van der Waals surface area (Å²) >= 11 is 0. The molecule has 0 spiro atoms. The van der Waals surface area contributed by atoms with Crippen LogP contribution < -0.4 is 20.1 Å². The van der Waals surface area contributed by atoms with Crippen LogP contribution in [0.15, 0.2) is 41.2 Å². The first-order valence-electron chi connectivity index (χ1n) is 9.18. The fourth-order valence-corrected chi connectivity index (χ4v) is 3.20. The number of piperidine rings is 1. The lowest BCUT2D eigenvalue weighted by atomic mass is 9.96. The molecule has 8 nitrogen and oxygen atoms in total. The van der Waals surface area contributed by atoms with E-state index in [4.69, 9.17) is 13.9 Å². The van der Waals surface area contributed by atoms with Crippen LogP contribution in [0.25, 0.3) is 0 Å². The molecule has 1 aromatic heterocycles. The van der Waals surface area contributed by atoms with Gasteiger partial charge in [-0.2, -0.15) is 0 Å². The summed E-state index contributed by atoms with van der Waals surface area (Å²) in [4.78, 5) is 26.3. The highest BCUT2D eigenvalue weighted by Crippen LogP contribution is 2.25. The maximum Gasteiger partial charge on any atom is 0.319 e. The number of carbonyl (C=O) groups is 2. The van der Waals surface area contributed by atoms with E-state index in [1.807, 2.05) is 4.90 Å². The van der Waals surface area contributed by atoms with Gasteiger partial charge in [-0.25, -0.2) is 4.79 Å². The molecular weight excluding hydrogens is 362 g/mol. The maximum absolute atomic E-state index is 12.3. The van der Waals surface area contributed by atoms with Crippen LogP contribution in [0.3, 0.4) is 0 Å². The number of rotatable bonds is 6. The molecule has 1 aliphatic rings. The quantitative estimate of drug-likeness (QED) is 0.795. The second kappa shape index (κ2) is 9.16. The SMILES string of the molecule is COc1cc(NC(=O)NCC2CCN(C(=O)c3ccoc3)CC2)cc(OC)c1. The van der Waals surface area contributed by atoms with E-state index in [1.165, 1.54) is 12.5 Å². The van der Waals surface area contributed by atoms with E-state index in [0.717, 1.165) is 12.8 Å². The first-order valence-corrected chi connectivity index (χ1v) is 9.18. The molecule has 1 aromatic carbocycles. The van der Waals surface area contributed by atoms with Gasteiger partial charge < -0.3 is 29.4 Å². The Balaban J connectivity index is 1.44. The van der Waals surface area contributed by atoms with Gasteiger partial charge in [-0.05, 0) is 24.8 Å². The van der Waals surface area contributed by atoms with E-state index in [2.05, 4.69) is 10.6 Å². The Kier molecular flexibility index (Phi) is 6.41. The zero-order valence-electron chi connectivity index (χ0n) is 16.1. The standard InChI is InChI=1S/C20H25N3O5/c1-26-17-9-16(10-18(11-17)27-2)22-20(25)21-12-14-3-6-23(7-4-14)19(24)15-5-8-28-13-15/h5,8-11,13-14H,3-4,6-7,12H2,1-2H3,(H2,21,22,25). The van der Waals surface area contributed by atoms with Gasteiger partial charge in [0.1, 0.15) is 17.8 Å². The topological polar surface area (TPSA) is 93.0 Å². The van der Waals surface area contributed by atoms with Crippen LogP contribution in [0.2, 0.25) is 0 Å². The normalized spacial score (nSPS) is 14.4. The van der Waals surface area contributed by atoms with E-state index >= 15 is 0 Å². The summed E-state index contributed by atoms with van der Waals surface area (Å²) in [5.41, 5.74) is 1.17. The summed E-state index contributed by atoms with van der Waals surface area (Å²) in [6, 6.07) is 6.58. The van der Waals surface area contributed by atoms with Crippen molar-refractivity contribution in [2.24, 2.45) is 5.92 Å². The third-order valence-corrected chi connectivity index (χ3v) is 4.83. The second-order valence-electron chi connectivity index (χ2n) is 6.68. The molecule has 0 bridgehead atoms. The van der Waals surface area contributed by atoms with Crippen molar-refractivity contribution in [3.63, 3.8) is 0 Å². The Morgan fingerprint density at radius 3 is 2.39 bits per heavy atom. The van der Waals surface area contributed by atoms with Crippen molar-refractivity contribution in [2.75, 3.05) is 39.2 Å². The summed E-state index contributed by atoms with van der Waals surface area (Å²) in [6.45, 7) is 1.90. The van der Waals surface area contributed by atoms with Gasteiger partial charge in [0.2, 0.25) is 0 Å². The van der Waals surface area contributed by atoms with Gasteiger partial charge >= 0.3 is 6.03 Å². The van der Waals surface area contributed by atoms with Crippen LogP contribution in [0.1, 0.15) is 23.2 Å². The molecule has 0 saturated carbocycles. The lowest BCUT2D eigenvalue weighted by molar-refractivity contribution is 0.0690. The monoisotopic (exact) mass is 387 g/mol. The lowest BCUT2D eigenvalue weighted by Gasteiger charge is -2.31. The Morgan fingerprint density at radius 2 is 1.82 bits per heavy atom. The Bertz CT molecular complexity index is 776. The van der Waals surface area contributed by atoms with Crippen LogP contribution in [0, 0.1) is 5.92 Å². The predicted molar refractivity (Wildman–Crippen MR) is 104 cm³/mol. The molecule has 2 N–H and O–H groups in total. The van der Waals surface area contributed by atoms with Gasteiger partial charge in [-0.3, -0.25) is 4.79 Å². The number of methoxy groups -OCH3 is 2. The third-order valence-electron chi connectivity index (χ3n) is 4.83. The number of hydrogen-bond acceptors (Lipinski definition) is 5. The van der Waals surface area contributed by atoms with Crippen LogP contribution >= 0.6 is 0 Å². The van der Waals surface area contributed by atoms with Crippen molar-refractivity contribution < 1.29 is 23.5 Å². The Labute approximate surface area is 163 Å². The number of amides is 3. The van der Waals surface area contributed by atoms with Crippen LogP contribution in [0.5, 0.6) is 11.5 Å². The number of hydrogen-bond donors (Lipinski definition) is 2. The van der Waals surface area contributed by atoms with Crippen LogP contribution in [-0.4, -0.2) is 50.7 Å². The van der Waals surface area contributed by atoms with Crippen molar-refractivity contribution in [1.82, 2.24) is 10.2 Å². The zero-order chi connectivity index (χ0) is 19.9. The van der Waals surface area contributed by atoms with Crippen molar-refractivity contribution >= 4 is 17.6 Å². The van der Waals surface area contributed by atoms with Gasteiger partial charge in [0.05, 0.1) is 26.0 Å². The van der Waals surface area contributed by atoms with Gasteiger partial charge in [0.15, 0.2) is 0 Å². The maximum atomic E-state index is 12.3. The molecule has 1 fully saturated rings. The minimum atomic E-state index is -0.285. The third kappa shape index (κ3) is 4.97. The smallest absolute Gasteiger partial charge is 0.319 e. The summed E-state index contributed by atoms with van der Waals surface area (Å²) in [5.74, 6) is 1.53. The molecule has 0 radical (unpaired) electrons. The minimum Gasteiger partial charge on any atom is -0.497 e. The van der Waals surface area contributed by atoms with E-state index in [-0.39, 0.29) is 11.9 Å². The van der Waals surface area contributed by atoms with Gasteiger partial charge in [0, 0.05) is 43.5 Å². The molecule has 28 heavy (non-hydrogen) atoms. The number of likely N-dealkylation sites (tertiary alicyclic amines) is 1. The molecule has 0 aliphatic carbocycles. The highest BCUT2D eigenvalue weighted by molar-refractivity contribution is 5.93. The first kappa shape index (κ1) is 19.6. The minimum absolute atomic E-state index is 0.00938. The largest absolute Gasteiger partial charge is 0.497 e. The molecule has 8 heteroatoms. The number of anilines is 1. The van der Waals surface area contributed by atoms with E-state index in [0.29, 0.717) is 48.3 Å². The van der Waals surface area contributed by atoms with E-state index < -0.39 is 0 Å². The summed E-state index contributed by atoms with van der Waals surface area (Å²) < 4.78 is 15.4. The van der Waals surface area contributed by atoms with Gasteiger partial charge in [-0.1, -0.05) is 0 Å². The van der Waals surface area contributed by atoms with Crippen molar-refractivity contribution in [1.29, 1.82) is 0 Å². The number of nitrogens with zero attached hydrogens (tertiary/aromatic N) is 1. The highest BCUT2D eigenvalue weighted by Gasteiger charge is 2.24. The second-order valence-corrected chi connectivity index (χ2v) is 6.68. The highest BCUT2D eigenvalue weighted by atomic mass is 16.5. The van der Waals surface area contributed by atoms with Crippen LogP contribution in [-0.2, 0) is 0 Å². The Hall–Kier alpha value is -3.16. The molecule has 1 saturated heterocycles. The molecule has 3 rings (SSSR count). The first-order chi connectivity index (χ1) is 13.6. The predicted octanol–water partition coefficient (Wildman–Crippen LogP) is 2.97. The van der Waals surface area contributed by atoms with Crippen molar-refractivity contribution in [3.8, 4) is 11.5 Å². The van der Waals surface area contributed by atoms with Gasteiger partial charge in [-0.15, -0.1) is 0 Å². The van der Waals surface area contributed by atoms with Crippen molar-refractivity contribution in [3.05, 3.63) is 42.4 Å². The molecule has 2 heterocycles. The average Bonchev–Trinajstić information content (AvgIpc) is 3.26. The number of nitrogens with one attached hydrogen (secondary N) is 2. The van der Waals surface area contributed by atoms with E-state index in [1.54, 1.807) is 38.5 Å². The summed E-state index contributed by atoms with van der Waals surface area (Å²) in [7, 11) is 3.12. The van der Waals surface area contributed by atoms with Crippen LogP contribution in [0.4, 0.5) is 10.5 Å². The molecule has 0 unspecified atom stereocenters. The molecule has 2 aromatic rings. The van der Waals surface area contributed by atoms with Gasteiger partial charge in [0.25, 0.3) is 5.91 Å². The summed E-state index contributed by atoms with van der Waals surface area (Å²) in [6.07, 6.45) is 4.65. The number of furan rings is 1. The number of benzene rings is 1.